The van der Waals surface area contributed by atoms with E-state index in [9.17, 15) is 31.1 Å². The normalized spacial score (nSPS) is 15.6. The summed E-state index contributed by atoms with van der Waals surface area (Å²) in [5, 5.41) is 2.73. The summed E-state index contributed by atoms with van der Waals surface area (Å²) in [5.74, 6) is -0.916. The molecule has 1 amide bonds. The Kier molecular flexibility index (Phi) is 6.27. The number of aryl methyl sites for hydroxylation is 1. The molecule has 31 heavy (non-hydrogen) atoms. The van der Waals surface area contributed by atoms with Gasteiger partial charge in [0, 0.05) is 30.8 Å². The highest BCUT2D eigenvalue weighted by atomic mass is 19.4. The number of anilines is 1. The van der Waals surface area contributed by atoms with Crippen molar-refractivity contribution in [1.82, 2.24) is 15.3 Å². The SMILES string of the molecule is Cc1nc(N2CCC(NC(=O)c3cccc(OC(F)(F)F)c3)CC2)cc(C(F)(F)F)n1. The minimum Gasteiger partial charge on any atom is -0.406 e. The zero-order valence-electron chi connectivity index (χ0n) is 16.2. The largest absolute Gasteiger partial charge is 0.573 e. The molecule has 168 valence electrons. The highest BCUT2D eigenvalue weighted by Gasteiger charge is 2.34. The molecule has 0 unspecified atom stereocenters. The van der Waals surface area contributed by atoms with Gasteiger partial charge in [-0.1, -0.05) is 6.07 Å². The summed E-state index contributed by atoms with van der Waals surface area (Å²) >= 11 is 0. The lowest BCUT2D eigenvalue weighted by atomic mass is 10.0. The van der Waals surface area contributed by atoms with Crippen LogP contribution in [-0.2, 0) is 6.18 Å². The van der Waals surface area contributed by atoms with Gasteiger partial charge in [0.05, 0.1) is 0 Å². The van der Waals surface area contributed by atoms with Crippen LogP contribution in [0, 0.1) is 6.92 Å². The van der Waals surface area contributed by atoms with Crippen molar-refractivity contribution in [3.63, 3.8) is 0 Å². The monoisotopic (exact) mass is 448 g/mol. The minimum absolute atomic E-state index is 0.00112. The molecule has 0 aliphatic carbocycles. The Balaban J connectivity index is 1.60. The second kappa shape index (κ2) is 8.60. The van der Waals surface area contributed by atoms with Gasteiger partial charge in [-0.2, -0.15) is 13.2 Å². The summed E-state index contributed by atoms with van der Waals surface area (Å²) in [6.45, 7) is 2.06. The maximum Gasteiger partial charge on any atom is 0.573 e. The van der Waals surface area contributed by atoms with Crippen molar-refractivity contribution in [2.45, 2.75) is 38.3 Å². The van der Waals surface area contributed by atoms with E-state index in [1.54, 1.807) is 4.90 Å². The number of nitrogens with zero attached hydrogens (tertiary/aromatic N) is 3. The second-order valence-electron chi connectivity index (χ2n) is 6.97. The molecule has 0 atom stereocenters. The number of ether oxygens (including phenoxy) is 1. The van der Waals surface area contributed by atoms with E-state index in [4.69, 9.17) is 0 Å². The standard InChI is InChI=1S/C19H18F6N4O2/c1-11-26-15(18(20,21)22)10-16(27-11)29-7-5-13(6-8-29)28-17(30)12-3-2-4-14(9-12)31-19(23,24)25/h2-4,9-10,13H,5-8H2,1H3,(H,28,30). The fourth-order valence-corrected chi connectivity index (χ4v) is 3.22. The molecular formula is C19H18F6N4O2. The number of halogens is 6. The van der Waals surface area contributed by atoms with E-state index in [1.165, 1.54) is 19.1 Å². The molecule has 1 fully saturated rings. The van der Waals surface area contributed by atoms with Gasteiger partial charge in [0.2, 0.25) is 0 Å². The topological polar surface area (TPSA) is 67.4 Å². The lowest BCUT2D eigenvalue weighted by Gasteiger charge is -2.33. The maximum atomic E-state index is 13.0. The number of carbonyl (C=O) groups is 1. The molecule has 1 aromatic heterocycles. The van der Waals surface area contributed by atoms with Crippen LogP contribution in [0.15, 0.2) is 30.3 Å². The summed E-state index contributed by atoms with van der Waals surface area (Å²) in [6.07, 6.45) is -8.60. The Bertz CT molecular complexity index is 940. The van der Waals surface area contributed by atoms with Crippen LogP contribution in [0.5, 0.6) is 5.75 Å². The van der Waals surface area contributed by atoms with E-state index in [0.29, 0.717) is 25.9 Å². The van der Waals surface area contributed by atoms with Crippen LogP contribution in [0.3, 0.4) is 0 Å². The van der Waals surface area contributed by atoms with Crippen LogP contribution >= 0.6 is 0 Å². The zero-order valence-corrected chi connectivity index (χ0v) is 16.2. The number of aromatic nitrogens is 2. The third kappa shape index (κ3) is 6.22. The van der Waals surface area contributed by atoms with Crippen LogP contribution in [0.2, 0.25) is 0 Å². The summed E-state index contributed by atoms with van der Waals surface area (Å²) < 4.78 is 79.8. The Morgan fingerprint density at radius 1 is 1.10 bits per heavy atom. The van der Waals surface area contributed by atoms with Gasteiger partial charge in [0.25, 0.3) is 5.91 Å². The van der Waals surface area contributed by atoms with Crippen LogP contribution in [0.1, 0.15) is 34.7 Å². The van der Waals surface area contributed by atoms with Gasteiger partial charge in [0.1, 0.15) is 23.1 Å². The van der Waals surface area contributed by atoms with E-state index in [1.807, 2.05) is 0 Å². The summed E-state index contributed by atoms with van der Waals surface area (Å²) in [5.41, 5.74) is -1.02. The Hall–Kier alpha value is -3.05. The van der Waals surface area contributed by atoms with Gasteiger partial charge >= 0.3 is 12.5 Å². The van der Waals surface area contributed by atoms with E-state index in [0.717, 1.165) is 18.2 Å². The number of benzene rings is 1. The Morgan fingerprint density at radius 3 is 2.39 bits per heavy atom. The molecule has 0 saturated carbocycles. The molecule has 1 N–H and O–H groups in total. The fourth-order valence-electron chi connectivity index (χ4n) is 3.22. The number of amides is 1. The first-order valence-corrected chi connectivity index (χ1v) is 9.25. The van der Waals surface area contributed by atoms with Crippen molar-refractivity contribution >= 4 is 11.7 Å². The third-order valence-corrected chi connectivity index (χ3v) is 4.60. The number of carbonyl (C=O) groups excluding carboxylic acids is 1. The van der Waals surface area contributed by atoms with E-state index < -0.39 is 29.9 Å². The molecule has 1 saturated heterocycles. The second-order valence-corrected chi connectivity index (χ2v) is 6.97. The highest BCUT2D eigenvalue weighted by molar-refractivity contribution is 5.94. The third-order valence-electron chi connectivity index (χ3n) is 4.60. The van der Waals surface area contributed by atoms with Gasteiger partial charge in [-0.05, 0) is 38.0 Å². The van der Waals surface area contributed by atoms with Crippen molar-refractivity contribution in [2.24, 2.45) is 0 Å². The van der Waals surface area contributed by atoms with Crippen LogP contribution < -0.4 is 15.0 Å². The lowest BCUT2D eigenvalue weighted by Crippen LogP contribution is -2.45. The molecular weight excluding hydrogens is 430 g/mol. The number of hydrogen-bond acceptors (Lipinski definition) is 5. The highest BCUT2D eigenvalue weighted by Crippen LogP contribution is 2.30. The average Bonchev–Trinajstić information content (AvgIpc) is 2.66. The van der Waals surface area contributed by atoms with Crippen LogP contribution in [0.25, 0.3) is 0 Å². The molecule has 2 heterocycles. The van der Waals surface area contributed by atoms with Gasteiger partial charge in [0.15, 0.2) is 0 Å². The van der Waals surface area contributed by atoms with Crippen LogP contribution in [-0.4, -0.2) is 41.4 Å². The van der Waals surface area contributed by atoms with Crippen molar-refractivity contribution in [2.75, 3.05) is 18.0 Å². The van der Waals surface area contributed by atoms with Gasteiger partial charge in [-0.25, -0.2) is 9.97 Å². The molecule has 0 spiro atoms. The van der Waals surface area contributed by atoms with Gasteiger partial charge < -0.3 is 15.0 Å². The zero-order chi connectivity index (χ0) is 22.8. The first-order chi connectivity index (χ1) is 14.4. The molecule has 0 radical (unpaired) electrons. The first-order valence-electron chi connectivity index (χ1n) is 9.25. The lowest BCUT2D eigenvalue weighted by molar-refractivity contribution is -0.274. The summed E-state index contributed by atoms with van der Waals surface area (Å²) in [7, 11) is 0. The quantitative estimate of drug-likeness (QED) is 0.714. The number of piperidine rings is 1. The fraction of sp³-hybridized carbons (Fsp3) is 0.421. The maximum absolute atomic E-state index is 13.0. The Labute approximate surface area is 173 Å². The van der Waals surface area contributed by atoms with Crippen molar-refractivity contribution in [1.29, 1.82) is 0 Å². The van der Waals surface area contributed by atoms with E-state index >= 15 is 0 Å². The smallest absolute Gasteiger partial charge is 0.406 e. The molecule has 1 aliphatic heterocycles. The molecule has 3 rings (SSSR count). The number of rotatable bonds is 4. The Morgan fingerprint density at radius 2 is 1.77 bits per heavy atom. The number of hydrogen-bond donors (Lipinski definition) is 1. The predicted molar refractivity (Wildman–Crippen MR) is 97.6 cm³/mol. The predicted octanol–water partition coefficient (Wildman–Crippen LogP) is 4.10. The molecule has 6 nitrogen and oxygen atoms in total. The summed E-state index contributed by atoms with van der Waals surface area (Å²) in [6, 6.07) is 5.30. The molecule has 1 aromatic carbocycles. The van der Waals surface area contributed by atoms with Crippen molar-refractivity contribution in [3.05, 3.63) is 47.4 Å². The van der Waals surface area contributed by atoms with Gasteiger partial charge in [-0.3, -0.25) is 4.79 Å². The first kappa shape index (κ1) is 22.6. The number of alkyl halides is 6. The van der Waals surface area contributed by atoms with Crippen molar-refractivity contribution < 1.29 is 35.9 Å². The number of nitrogens with one attached hydrogen (secondary N) is 1. The van der Waals surface area contributed by atoms with Crippen molar-refractivity contribution in [3.8, 4) is 5.75 Å². The van der Waals surface area contributed by atoms with Crippen LogP contribution in [0.4, 0.5) is 32.2 Å². The minimum atomic E-state index is -4.87. The van der Waals surface area contributed by atoms with E-state index in [2.05, 4.69) is 20.0 Å². The summed E-state index contributed by atoms with van der Waals surface area (Å²) in [4.78, 5) is 21.5. The van der Waals surface area contributed by atoms with E-state index in [-0.39, 0.29) is 23.2 Å². The molecule has 0 bridgehead atoms. The molecule has 12 heteroatoms. The average molecular weight is 448 g/mol. The molecule has 2 aromatic rings. The molecule has 1 aliphatic rings. The van der Waals surface area contributed by atoms with Gasteiger partial charge in [-0.15, -0.1) is 13.2 Å².